The monoisotopic (exact) mass is 360 g/mol. The highest BCUT2D eigenvalue weighted by molar-refractivity contribution is 6.07. The molecule has 3 N–H and O–H groups in total. The molecule has 0 saturated carbocycles. The van der Waals surface area contributed by atoms with E-state index in [2.05, 4.69) is 16.0 Å². The minimum absolute atomic E-state index is 0.104. The number of hydrogen-bond acceptors (Lipinski definition) is 6. The zero-order valence-electron chi connectivity index (χ0n) is 15.4. The lowest BCUT2D eigenvalue weighted by atomic mass is 10.2. The van der Waals surface area contributed by atoms with Crippen molar-refractivity contribution >= 4 is 17.7 Å². The number of amides is 2. The summed E-state index contributed by atoms with van der Waals surface area (Å²) >= 11 is 0. The molecule has 0 unspecified atom stereocenters. The molecule has 1 aromatic carbocycles. The van der Waals surface area contributed by atoms with E-state index >= 15 is 0 Å². The summed E-state index contributed by atoms with van der Waals surface area (Å²) in [6, 6.07) is 8.71. The first kappa shape index (κ1) is 20.8. The van der Waals surface area contributed by atoms with E-state index in [4.69, 9.17) is 14.7 Å². The third-order valence-electron chi connectivity index (χ3n) is 2.90. The molecule has 0 saturated heterocycles. The predicted molar refractivity (Wildman–Crippen MR) is 97.6 cm³/mol. The molecule has 0 aliphatic heterocycles. The fourth-order valence-corrected chi connectivity index (χ4v) is 1.81. The van der Waals surface area contributed by atoms with Gasteiger partial charge in [-0.25, -0.2) is 4.79 Å². The summed E-state index contributed by atoms with van der Waals surface area (Å²) in [4.78, 5) is 23.6. The van der Waals surface area contributed by atoms with Crippen LogP contribution < -0.4 is 20.7 Å². The van der Waals surface area contributed by atoms with Crippen molar-refractivity contribution in [1.82, 2.24) is 10.6 Å². The number of nitriles is 1. The molecule has 0 spiro atoms. The number of hydrogen-bond donors (Lipinski definition) is 3. The lowest BCUT2D eigenvalue weighted by molar-refractivity contribution is -0.112. The normalized spacial score (nSPS) is 11.1. The summed E-state index contributed by atoms with van der Waals surface area (Å²) < 4.78 is 10.2. The molecule has 0 aliphatic rings. The van der Waals surface area contributed by atoms with Crippen molar-refractivity contribution in [1.29, 1.82) is 5.26 Å². The summed E-state index contributed by atoms with van der Waals surface area (Å²) in [5, 5.41) is 17.1. The van der Waals surface area contributed by atoms with Crippen LogP contribution in [-0.2, 0) is 9.53 Å². The second-order valence-electron chi connectivity index (χ2n) is 6.21. The summed E-state index contributed by atoms with van der Waals surface area (Å²) in [7, 11) is 1.49. The maximum absolute atomic E-state index is 12.2. The van der Waals surface area contributed by atoms with Crippen molar-refractivity contribution < 1.29 is 19.1 Å². The van der Waals surface area contributed by atoms with Gasteiger partial charge < -0.3 is 25.4 Å². The van der Waals surface area contributed by atoms with Crippen LogP contribution in [0.25, 0.3) is 0 Å². The number of alkyl carbamates (subject to hydrolysis) is 1. The van der Waals surface area contributed by atoms with Crippen molar-refractivity contribution in [2.24, 2.45) is 0 Å². The number of carbonyl (C=O) groups is 2. The average molecular weight is 360 g/mol. The largest absolute Gasteiger partial charge is 0.495 e. The van der Waals surface area contributed by atoms with Gasteiger partial charge in [0.15, 0.2) is 0 Å². The molecule has 2 amide bonds. The van der Waals surface area contributed by atoms with Gasteiger partial charge in [0.1, 0.15) is 23.0 Å². The van der Waals surface area contributed by atoms with Crippen LogP contribution in [0.1, 0.15) is 20.8 Å². The van der Waals surface area contributed by atoms with Crippen LogP contribution in [0.15, 0.2) is 36.0 Å². The SMILES string of the molecule is COc1ccccc1NC(=O)/C(C#N)=C\NCCNC(=O)OC(C)(C)C. The van der Waals surface area contributed by atoms with Gasteiger partial charge in [0.2, 0.25) is 0 Å². The smallest absolute Gasteiger partial charge is 0.407 e. The summed E-state index contributed by atoms with van der Waals surface area (Å²) in [6.45, 7) is 5.91. The molecule has 26 heavy (non-hydrogen) atoms. The van der Waals surface area contributed by atoms with E-state index in [-0.39, 0.29) is 12.1 Å². The number of anilines is 1. The van der Waals surface area contributed by atoms with Crippen molar-refractivity contribution in [3.63, 3.8) is 0 Å². The molecule has 140 valence electrons. The standard InChI is InChI=1S/C18H24N4O4/c1-18(2,3)26-17(24)21-10-9-20-12-13(11-19)16(23)22-14-7-5-6-8-15(14)25-4/h5-8,12,20H,9-10H2,1-4H3,(H,21,24)(H,22,23)/b13-12-. The van der Waals surface area contributed by atoms with E-state index < -0.39 is 17.6 Å². The van der Waals surface area contributed by atoms with E-state index in [1.807, 2.05) is 6.07 Å². The molecule has 0 aliphatic carbocycles. The van der Waals surface area contributed by atoms with Gasteiger partial charge in [-0.15, -0.1) is 0 Å². The first-order valence-corrected chi connectivity index (χ1v) is 8.01. The summed E-state index contributed by atoms with van der Waals surface area (Å²) in [5.74, 6) is -0.0720. The van der Waals surface area contributed by atoms with Crippen molar-refractivity contribution in [2.45, 2.75) is 26.4 Å². The topological polar surface area (TPSA) is 112 Å². The van der Waals surface area contributed by atoms with Crippen LogP contribution in [0.2, 0.25) is 0 Å². The molecule has 8 nitrogen and oxygen atoms in total. The Morgan fingerprint density at radius 3 is 2.54 bits per heavy atom. The lowest BCUT2D eigenvalue weighted by Crippen LogP contribution is -2.35. The minimum atomic E-state index is -0.567. The Kier molecular flexibility index (Phi) is 7.96. The van der Waals surface area contributed by atoms with Gasteiger partial charge in [-0.2, -0.15) is 5.26 Å². The number of nitrogens with zero attached hydrogens (tertiary/aromatic N) is 1. The maximum atomic E-state index is 12.2. The Morgan fingerprint density at radius 2 is 1.92 bits per heavy atom. The van der Waals surface area contributed by atoms with Gasteiger partial charge in [-0.3, -0.25) is 4.79 Å². The molecule has 0 radical (unpaired) electrons. The highest BCUT2D eigenvalue weighted by Gasteiger charge is 2.15. The molecular formula is C18H24N4O4. The average Bonchev–Trinajstić information content (AvgIpc) is 2.56. The fraction of sp³-hybridized carbons (Fsp3) is 0.389. The number of ether oxygens (including phenoxy) is 2. The molecule has 0 aromatic heterocycles. The molecule has 8 heteroatoms. The number of benzene rings is 1. The first-order chi connectivity index (χ1) is 12.3. The molecule has 0 heterocycles. The fourth-order valence-electron chi connectivity index (χ4n) is 1.81. The first-order valence-electron chi connectivity index (χ1n) is 8.01. The van der Waals surface area contributed by atoms with Crippen molar-refractivity contribution in [2.75, 3.05) is 25.5 Å². The van der Waals surface area contributed by atoms with Crippen LogP contribution in [0.3, 0.4) is 0 Å². The number of para-hydroxylation sites is 2. The molecule has 0 atom stereocenters. The molecular weight excluding hydrogens is 336 g/mol. The van der Waals surface area contributed by atoms with E-state index in [1.54, 1.807) is 45.0 Å². The van der Waals surface area contributed by atoms with Gasteiger partial charge in [0.05, 0.1) is 12.8 Å². The van der Waals surface area contributed by atoms with Gasteiger partial charge in [0.25, 0.3) is 5.91 Å². The second-order valence-corrected chi connectivity index (χ2v) is 6.21. The number of methoxy groups -OCH3 is 1. The Morgan fingerprint density at radius 1 is 1.23 bits per heavy atom. The third-order valence-corrected chi connectivity index (χ3v) is 2.90. The zero-order chi connectivity index (χ0) is 19.6. The van der Waals surface area contributed by atoms with E-state index in [0.717, 1.165) is 0 Å². The van der Waals surface area contributed by atoms with E-state index in [1.165, 1.54) is 13.3 Å². The van der Waals surface area contributed by atoms with Crippen molar-refractivity contribution in [3.05, 3.63) is 36.0 Å². The minimum Gasteiger partial charge on any atom is -0.495 e. The van der Waals surface area contributed by atoms with Gasteiger partial charge in [-0.05, 0) is 32.9 Å². The Labute approximate surface area is 153 Å². The molecule has 0 fully saturated rings. The number of rotatable bonds is 7. The van der Waals surface area contributed by atoms with Crippen LogP contribution in [-0.4, -0.2) is 37.8 Å². The Bertz CT molecular complexity index is 702. The quantitative estimate of drug-likeness (QED) is 0.390. The maximum Gasteiger partial charge on any atom is 0.407 e. The summed E-state index contributed by atoms with van der Waals surface area (Å²) in [5.41, 5.74) is -0.206. The molecule has 1 aromatic rings. The number of nitrogens with one attached hydrogen (secondary N) is 3. The van der Waals surface area contributed by atoms with Crippen LogP contribution in [0.4, 0.5) is 10.5 Å². The van der Waals surface area contributed by atoms with E-state index in [9.17, 15) is 9.59 Å². The molecule has 1 rings (SSSR count). The van der Waals surface area contributed by atoms with Crippen LogP contribution in [0.5, 0.6) is 5.75 Å². The summed E-state index contributed by atoms with van der Waals surface area (Å²) in [6.07, 6.45) is 0.763. The molecule has 0 bridgehead atoms. The lowest BCUT2D eigenvalue weighted by Gasteiger charge is -2.19. The Balaban J connectivity index is 2.49. The van der Waals surface area contributed by atoms with Crippen LogP contribution in [0, 0.1) is 11.3 Å². The van der Waals surface area contributed by atoms with Crippen molar-refractivity contribution in [3.8, 4) is 11.8 Å². The Hall–Kier alpha value is -3.21. The number of carbonyl (C=O) groups excluding carboxylic acids is 2. The van der Waals surface area contributed by atoms with Gasteiger partial charge in [-0.1, -0.05) is 12.1 Å². The highest BCUT2D eigenvalue weighted by atomic mass is 16.6. The van der Waals surface area contributed by atoms with Crippen LogP contribution >= 0.6 is 0 Å². The third kappa shape index (κ3) is 7.57. The van der Waals surface area contributed by atoms with Gasteiger partial charge >= 0.3 is 6.09 Å². The van der Waals surface area contributed by atoms with Gasteiger partial charge in [0, 0.05) is 19.3 Å². The van der Waals surface area contributed by atoms with E-state index in [0.29, 0.717) is 18.0 Å². The zero-order valence-corrected chi connectivity index (χ0v) is 15.4. The second kappa shape index (κ2) is 9.93. The predicted octanol–water partition coefficient (Wildman–Crippen LogP) is 2.16. The highest BCUT2D eigenvalue weighted by Crippen LogP contribution is 2.23.